The first-order valence-electron chi connectivity index (χ1n) is 6.10. The van der Waals surface area contributed by atoms with Crippen LogP contribution in [0.2, 0.25) is 0 Å². The molecule has 0 bridgehead atoms. The third-order valence-corrected chi connectivity index (χ3v) is 3.15. The maximum Gasteiger partial charge on any atom is 0.120 e. The Kier molecular flexibility index (Phi) is 3.66. The average Bonchev–Trinajstić information content (AvgIpc) is 2.68. The van der Waals surface area contributed by atoms with Gasteiger partial charge in [0.05, 0.1) is 24.5 Å². The summed E-state index contributed by atoms with van der Waals surface area (Å²) in [4.78, 5) is 0. The van der Waals surface area contributed by atoms with Gasteiger partial charge in [0.15, 0.2) is 0 Å². The fourth-order valence-corrected chi connectivity index (χ4v) is 2.51. The zero-order chi connectivity index (χ0) is 11.5. The van der Waals surface area contributed by atoms with Crippen molar-refractivity contribution < 1.29 is 9.15 Å². The highest BCUT2D eigenvalue weighted by Gasteiger charge is 2.25. The van der Waals surface area contributed by atoms with E-state index in [0.717, 1.165) is 18.6 Å². The van der Waals surface area contributed by atoms with E-state index in [1.165, 1.54) is 0 Å². The predicted octanol–water partition coefficient (Wildman–Crippen LogP) is 2.89. The third kappa shape index (κ3) is 2.86. The number of ether oxygens (including phenoxy) is 1. The van der Waals surface area contributed by atoms with Crippen LogP contribution in [0.15, 0.2) is 22.8 Å². The Hall–Kier alpha value is -0.800. The van der Waals surface area contributed by atoms with Gasteiger partial charge in [-0.1, -0.05) is 0 Å². The third-order valence-electron chi connectivity index (χ3n) is 3.15. The number of furan rings is 1. The Bertz CT molecular complexity index is 300. The molecule has 0 aromatic carbocycles. The van der Waals surface area contributed by atoms with Gasteiger partial charge in [-0.3, -0.25) is 0 Å². The van der Waals surface area contributed by atoms with Gasteiger partial charge in [0, 0.05) is 6.04 Å². The Labute approximate surface area is 97.2 Å². The molecule has 0 amide bonds. The molecule has 0 aliphatic carbocycles. The summed E-state index contributed by atoms with van der Waals surface area (Å²) in [6.07, 6.45) is 4.59. The highest BCUT2D eigenvalue weighted by Crippen LogP contribution is 2.22. The highest BCUT2D eigenvalue weighted by molar-refractivity contribution is 5.03. The summed E-state index contributed by atoms with van der Waals surface area (Å²) >= 11 is 0. The van der Waals surface area contributed by atoms with Crippen LogP contribution in [-0.4, -0.2) is 18.2 Å². The summed E-state index contributed by atoms with van der Waals surface area (Å²) < 4.78 is 11.1. The number of rotatable bonds is 3. The van der Waals surface area contributed by atoms with E-state index in [4.69, 9.17) is 9.15 Å². The Morgan fingerprint density at radius 3 is 2.56 bits per heavy atom. The molecule has 1 fully saturated rings. The van der Waals surface area contributed by atoms with Gasteiger partial charge in [0.2, 0.25) is 0 Å². The maximum atomic E-state index is 5.73. The second kappa shape index (κ2) is 5.02. The minimum absolute atomic E-state index is 0.275. The fourth-order valence-electron chi connectivity index (χ4n) is 2.51. The lowest BCUT2D eigenvalue weighted by Crippen LogP contribution is -2.42. The number of hydrogen-bond acceptors (Lipinski definition) is 3. The molecule has 0 saturated carbocycles. The largest absolute Gasteiger partial charge is 0.468 e. The summed E-state index contributed by atoms with van der Waals surface area (Å²) in [5.41, 5.74) is 0. The first-order valence-corrected chi connectivity index (χ1v) is 6.10. The van der Waals surface area contributed by atoms with Crippen LogP contribution in [0.5, 0.6) is 0 Å². The van der Waals surface area contributed by atoms with Crippen molar-refractivity contribution in [3.63, 3.8) is 0 Å². The van der Waals surface area contributed by atoms with Gasteiger partial charge in [-0.2, -0.15) is 0 Å². The van der Waals surface area contributed by atoms with Crippen LogP contribution in [0, 0.1) is 0 Å². The van der Waals surface area contributed by atoms with Crippen molar-refractivity contribution in [3.05, 3.63) is 24.2 Å². The number of nitrogens with one attached hydrogen (secondary N) is 1. The van der Waals surface area contributed by atoms with Crippen molar-refractivity contribution >= 4 is 0 Å². The van der Waals surface area contributed by atoms with Crippen molar-refractivity contribution in [1.29, 1.82) is 0 Å². The van der Waals surface area contributed by atoms with Gasteiger partial charge in [0.25, 0.3) is 0 Å². The molecule has 1 aliphatic rings. The molecule has 3 atom stereocenters. The summed E-state index contributed by atoms with van der Waals surface area (Å²) in [5, 5.41) is 3.61. The Morgan fingerprint density at radius 1 is 1.31 bits per heavy atom. The average molecular weight is 223 g/mol. The van der Waals surface area contributed by atoms with Crippen LogP contribution in [0.3, 0.4) is 0 Å². The standard InChI is InChI=1S/C13H21NO2/c1-9-7-12(8-10(2)16-9)14-11(3)13-5-4-6-15-13/h4-6,9-12,14H,7-8H2,1-3H3. The molecular weight excluding hydrogens is 202 g/mol. The fraction of sp³-hybridized carbons (Fsp3) is 0.692. The summed E-state index contributed by atoms with van der Waals surface area (Å²) in [5.74, 6) is 1.01. The van der Waals surface area contributed by atoms with Gasteiger partial charge >= 0.3 is 0 Å². The molecule has 2 heterocycles. The Balaban J connectivity index is 1.89. The lowest BCUT2D eigenvalue weighted by atomic mass is 9.99. The topological polar surface area (TPSA) is 34.4 Å². The molecule has 1 aromatic rings. The molecule has 3 heteroatoms. The first kappa shape index (κ1) is 11.7. The van der Waals surface area contributed by atoms with E-state index in [1.807, 2.05) is 12.1 Å². The summed E-state index contributed by atoms with van der Waals surface area (Å²) in [6.45, 7) is 6.42. The molecular formula is C13H21NO2. The van der Waals surface area contributed by atoms with Crippen molar-refractivity contribution in [2.24, 2.45) is 0 Å². The minimum Gasteiger partial charge on any atom is -0.468 e. The molecule has 2 rings (SSSR count). The molecule has 1 aliphatic heterocycles. The SMILES string of the molecule is CC1CC(NC(C)c2ccco2)CC(C)O1. The second-order valence-corrected chi connectivity index (χ2v) is 4.83. The normalized spacial score (nSPS) is 32.6. The van der Waals surface area contributed by atoms with E-state index < -0.39 is 0 Å². The smallest absolute Gasteiger partial charge is 0.120 e. The molecule has 1 saturated heterocycles. The van der Waals surface area contributed by atoms with Gasteiger partial charge in [-0.05, 0) is 45.7 Å². The van der Waals surface area contributed by atoms with Crippen molar-refractivity contribution in [2.75, 3.05) is 0 Å². The number of hydrogen-bond donors (Lipinski definition) is 1. The molecule has 1 aromatic heterocycles. The molecule has 1 N–H and O–H groups in total. The van der Waals surface area contributed by atoms with Crippen LogP contribution in [-0.2, 0) is 4.74 Å². The van der Waals surface area contributed by atoms with Crippen LogP contribution in [0.25, 0.3) is 0 Å². The lowest BCUT2D eigenvalue weighted by Gasteiger charge is -2.34. The quantitative estimate of drug-likeness (QED) is 0.855. The maximum absolute atomic E-state index is 5.73. The van der Waals surface area contributed by atoms with Gasteiger partial charge < -0.3 is 14.5 Å². The molecule has 90 valence electrons. The minimum atomic E-state index is 0.275. The first-order chi connectivity index (χ1) is 7.65. The second-order valence-electron chi connectivity index (χ2n) is 4.83. The van der Waals surface area contributed by atoms with Gasteiger partial charge in [0.1, 0.15) is 5.76 Å². The summed E-state index contributed by atoms with van der Waals surface area (Å²) in [7, 11) is 0. The van der Waals surface area contributed by atoms with Crippen LogP contribution >= 0.6 is 0 Å². The van der Waals surface area contributed by atoms with Crippen molar-refractivity contribution in [2.45, 2.75) is 57.9 Å². The zero-order valence-electron chi connectivity index (χ0n) is 10.3. The van der Waals surface area contributed by atoms with Crippen LogP contribution in [0.1, 0.15) is 45.4 Å². The van der Waals surface area contributed by atoms with Crippen molar-refractivity contribution in [3.8, 4) is 0 Å². The van der Waals surface area contributed by atoms with E-state index in [2.05, 4.69) is 26.1 Å². The molecule has 16 heavy (non-hydrogen) atoms. The molecule has 0 spiro atoms. The van der Waals surface area contributed by atoms with E-state index in [9.17, 15) is 0 Å². The molecule has 0 radical (unpaired) electrons. The van der Waals surface area contributed by atoms with Gasteiger partial charge in [-0.15, -0.1) is 0 Å². The van der Waals surface area contributed by atoms with E-state index in [-0.39, 0.29) is 6.04 Å². The molecule has 3 nitrogen and oxygen atoms in total. The molecule has 3 unspecified atom stereocenters. The van der Waals surface area contributed by atoms with Crippen LogP contribution < -0.4 is 5.32 Å². The highest BCUT2D eigenvalue weighted by atomic mass is 16.5. The van der Waals surface area contributed by atoms with Crippen molar-refractivity contribution in [1.82, 2.24) is 5.32 Å². The monoisotopic (exact) mass is 223 g/mol. The lowest BCUT2D eigenvalue weighted by molar-refractivity contribution is -0.0436. The van der Waals surface area contributed by atoms with E-state index >= 15 is 0 Å². The van der Waals surface area contributed by atoms with Crippen LogP contribution in [0.4, 0.5) is 0 Å². The predicted molar refractivity (Wildman–Crippen MR) is 63.3 cm³/mol. The van der Waals surface area contributed by atoms with Gasteiger partial charge in [-0.25, -0.2) is 0 Å². The summed E-state index contributed by atoms with van der Waals surface area (Å²) in [6, 6.07) is 4.75. The van der Waals surface area contributed by atoms with E-state index in [1.54, 1.807) is 6.26 Å². The van der Waals surface area contributed by atoms with E-state index in [0.29, 0.717) is 18.2 Å². The zero-order valence-corrected chi connectivity index (χ0v) is 10.3. The Morgan fingerprint density at radius 2 is 2.00 bits per heavy atom.